The molecule has 158 valence electrons. The number of carbonyl (C=O) groups is 1. The molecule has 0 saturated heterocycles. The molecule has 0 aliphatic heterocycles. The van der Waals surface area contributed by atoms with Crippen LogP contribution in [0.15, 0.2) is 60.8 Å². The zero-order valence-corrected chi connectivity index (χ0v) is 16.6. The van der Waals surface area contributed by atoms with Gasteiger partial charge in [0.2, 0.25) is 5.95 Å². The molecule has 0 spiro atoms. The zero-order chi connectivity index (χ0) is 22.2. The van der Waals surface area contributed by atoms with Gasteiger partial charge in [-0.1, -0.05) is 18.2 Å². The molecule has 0 aliphatic carbocycles. The van der Waals surface area contributed by atoms with E-state index in [0.717, 1.165) is 12.1 Å². The molecule has 0 unspecified atom stereocenters. The van der Waals surface area contributed by atoms with Gasteiger partial charge in [0.05, 0.1) is 16.9 Å². The first-order valence-electron chi connectivity index (χ1n) is 9.24. The highest BCUT2D eigenvalue weighted by Gasteiger charge is 2.34. The zero-order valence-electron chi connectivity index (χ0n) is 16.6. The van der Waals surface area contributed by atoms with E-state index in [1.54, 1.807) is 26.1 Å². The number of hydrogen-bond acceptors (Lipinski definition) is 4. The highest BCUT2D eigenvalue weighted by atomic mass is 19.4. The van der Waals surface area contributed by atoms with Gasteiger partial charge in [0.15, 0.2) is 0 Å². The standard InChI is InChI=1S/C21H17F3N6O/c1-13-25-20(30(27-13)15-6-4-3-5-7-15)26-19(31)14-8-9-17(21(22,23)24)16(12-14)18-10-11-29(2)28-18/h3-12H,1-2H3,(H,25,26,27,31). The van der Waals surface area contributed by atoms with Crippen LogP contribution in [-0.4, -0.2) is 30.5 Å². The van der Waals surface area contributed by atoms with Crippen molar-refractivity contribution in [3.8, 4) is 16.9 Å². The molecule has 0 fully saturated rings. The molecule has 0 atom stereocenters. The Morgan fingerprint density at radius 2 is 1.77 bits per heavy atom. The van der Waals surface area contributed by atoms with Gasteiger partial charge in [-0.05, 0) is 43.3 Å². The summed E-state index contributed by atoms with van der Waals surface area (Å²) in [6, 6.07) is 13.7. The fourth-order valence-corrected chi connectivity index (χ4v) is 3.12. The van der Waals surface area contributed by atoms with Crippen molar-refractivity contribution < 1.29 is 18.0 Å². The highest BCUT2D eigenvalue weighted by Crippen LogP contribution is 2.37. The lowest BCUT2D eigenvalue weighted by molar-refractivity contribution is -0.137. The molecule has 10 heteroatoms. The quantitative estimate of drug-likeness (QED) is 0.529. The van der Waals surface area contributed by atoms with Crippen molar-refractivity contribution in [2.45, 2.75) is 13.1 Å². The maximum atomic E-state index is 13.5. The number of carbonyl (C=O) groups excluding carboxylic acids is 1. The van der Waals surface area contributed by atoms with E-state index in [4.69, 9.17) is 0 Å². The van der Waals surface area contributed by atoms with Crippen LogP contribution in [0.25, 0.3) is 16.9 Å². The van der Waals surface area contributed by atoms with Crippen LogP contribution < -0.4 is 5.32 Å². The third-order valence-electron chi connectivity index (χ3n) is 4.52. The minimum absolute atomic E-state index is 0.0360. The highest BCUT2D eigenvalue weighted by molar-refractivity contribution is 6.04. The number of aromatic nitrogens is 5. The number of benzene rings is 2. The Balaban J connectivity index is 1.71. The van der Waals surface area contributed by atoms with E-state index in [0.29, 0.717) is 11.5 Å². The molecular weight excluding hydrogens is 409 g/mol. The molecule has 7 nitrogen and oxygen atoms in total. The van der Waals surface area contributed by atoms with Crippen LogP contribution in [0, 0.1) is 6.92 Å². The van der Waals surface area contributed by atoms with Crippen molar-refractivity contribution in [1.82, 2.24) is 24.5 Å². The number of alkyl halides is 3. The molecule has 0 aliphatic rings. The van der Waals surface area contributed by atoms with E-state index in [1.807, 2.05) is 18.2 Å². The molecule has 1 N–H and O–H groups in total. The van der Waals surface area contributed by atoms with E-state index >= 15 is 0 Å². The number of aryl methyl sites for hydroxylation is 2. The second-order valence-corrected chi connectivity index (χ2v) is 6.82. The van der Waals surface area contributed by atoms with Crippen LogP contribution >= 0.6 is 0 Å². The smallest absolute Gasteiger partial charge is 0.290 e. The van der Waals surface area contributed by atoms with Gasteiger partial charge in [0.1, 0.15) is 5.82 Å². The van der Waals surface area contributed by atoms with Crippen molar-refractivity contribution in [2.24, 2.45) is 7.05 Å². The summed E-state index contributed by atoms with van der Waals surface area (Å²) in [5.41, 5.74) is -0.214. The van der Waals surface area contributed by atoms with Gasteiger partial charge < -0.3 is 0 Å². The Hall–Kier alpha value is -3.95. The first-order valence-corrected chi connectivity index (χ1v) is 9.24. The number of nitrogens with zero attached hydrogens (tertiary/aromatic N) is 5. The molecule has 2 heterocycles. The second-order valence-electron chi connectivity index (χ2n) is 6.82. The predicted octanol–water partition coefficient (Wildman–Crippen LogP) is 4.25. The summed E-state index contributed by atoms with van der Waals surface area (Å²) in [6.07, 6.45) is -3.06. The fourth-order valence-electron chi connectivity index (χ4n) is 3.12. The molecule has 0 bridgehead atoms. The van der Waals surface area contributed by atoms with Gasteiger partial charge >= 0.3 is 6.18 Å². The van der Waals surface area contributed by atoms with Crippen LogP contribution in [0.4, 0.5) is 19.1 Å². The molecule has 2 aromatic carbocycles. The van der Waals surface area contributed by atoms with Gasteiger partial charge in [-0.3, -0.25) is 14.8 Å². The van der Waals surface area contributed by atoms with E-state index in [2.05, 4.69) is 20.5 Å². The Morgan fingerprint density at radius 1 is 1.03 bits per heavy atom. The van der Waals surface area contributed by atoms with Crippen molar-refractivity contribution in [2.75, 3.05) is 5.32 Å². The number of para-hydroxylation sites is 1. The maximum Gasteiger partial charge on any atom is 0.417 e. The predicted molar refractivity (Wildman–Crippen MR) is 108 cm³/mol. The second kappa shape index (κ2) is 7.71. The van der Waals surface area contributed by atoms with Gasteiger partial charge in [0, 0.05) is 24.4 Å². The number of nitrogens with one attached hydrogen (secondary N) is 1. The number of amides is 1. The first-order chi connectivity index (χ1) is 14.7. The third kappa shape index (κ3) is 4.18. The molecule has 1 amide bonds. The average molecular weight is 426 g/mol. The Bertz CT molecular complexity index is 1240. The number of halogens is 3. The molecular formula is C21H17F3N6O. The van der Waals surface area contributed by atoms with Gasteiger partial charge in [-0.25, -0.2) is 0 Å². The van der Waals surface area contributed by atoms with Gasteiger partial charge in [0.25, 0.3) is 5.91 Å². The first kappa shape index (κ1) is 20.3. The molecule has 4 rings (SSSR count). The molecule has 4 aromatic rings. The number of anilines is 1. The van der Waals surface area contributed by atoms with Crippen molar-refractivity contribution >= 4 is 11.9 Å². The van der Waals surface area contributed by atoms with Crippen molar-refractivity contribution in [1.29, 1.82) is 0 Å². The lowest BCUT2D eigenvalue weighted by Gasteiger charge is -2.13. The topological polar surface area (TPSA) is 77.6 Å². The van der Waals surface area contributed by atoms with E-state index in [1.165, 1.54) is 27.7 Å². The summed E-state index contributed by atoms with van der Waals surface area (Å²) in [6.45, 7) is 1.67. The summed E-state index contributed by atoms with van der Waals surface area (Å²) < 4.78 is 43.4. The largest absolute Gasteiger partial charge is 0.417 e. The summed E-state index contributed by atoms with van der Waals surface area (Å²) in [5, 5.41) is 11.0. The van der Waals surface area contributed by atoms with E-state index in [9.17, 15) is 18.0 Å². The van der Waals surface area contributed by atoms with E-state index < -0.39 is 17.6 Å². The Kier molecular flexibility index (Phi) is 5.05. The van der Waals surface area contributed by atoms with Crippen LogP contribution in [0.2, 0.25) is 0 Å². The monoisotopic (exact) mass is 426 g/mol. The minimum atomic E-state index is -4.59. The average Bonchev–Trinajstić information content (AvgIpc) is 3.33. The van der Waals surface area contributed by atoms with E-state index in [-0.39, 0.29) is 22.8 Å². The van der Waals surface area contributed by atoms with Crippen molar-refractivity contribution in [3.05, 3.63) is 77.7 Å². The minimum Gasteiger partial charge on any atom is -0.290 e. The SMILES string of the molecule is Cc1nc(NC(=O)c2ccc(C(F)(F)F)c(-c3ccn(C)n3)c2)n(-c2ccccc2)n1. The molecule has 0 radical (unpaired) electrons. The van der Waals surface area contributed by atoms with Gasteiger partial charge in [-0.15, -0.1) is 5.10 Å². The summed E-state index contributed by atoms with van der Waals surface area (Å²) in [4.78, 5) is 17.1. The Labute approximate surface area is 175 Å². The Morgan fingerprint density at radius 3 is 2.42 bits per heavy atom. The van der Waals surface area contributed by atoms with Crippen LogP contribution in [0.5, 0.6) is 0 Å². The summed E-state index contributed by atoms with van der Waals surface area (Å²) in [7, 11) is 1.60. The van der Waals surface area contributed by atoms with Crippen LogP contribution in [0.1, 0.15) is 21.7 Å². The normalized spacial score (nSPS) is 11.5. The summed E-state index contributed by atoms with van der Waals surface area (Å²) in [5.74, 6) is -0.0239. The molecule has 2 aromatic heterocycles. The molecule has 0 saturated carbocycles. The lowest BCUT2D eigenvalue weighted by atomic mass is 10.0. The lowest BCUT2D eigenvalue weighted by Crippen LogP contribution is -2.17. The van der Waals surface area contributed by atoms with Crippen LogP contribution in [0.3, 0.4) is 0 Å². The number of rotatable bonds is 4. The van der Waals surface area contributed by atoms with Crippen molar-refractivity contribution in [3.63, 3.8) is 0 Å². The van der Waals surface area contributed by atoms with Crippen LogP contribution in [-0.2, 0) is 13.2 Å². The molecule has 31 heavy (non-hydrogen) atoms. The summed E-state index contributed by atoms with van der Waals surface area (Å²) >= 11 is 0. The number of hydrogen-bond donors (Lipinski definition) is 1. The van der Waals surface area contributed by atoms with Gasteiger partial charge in [-0.2, -0.15) is 27.9 Å². The maximum absolute atomic E-state index is 13.5. The third-order valence-corrected chi connectivity index (χ3v) is 4.52. The fraction of sp³-hybridized carbons (Fsp3) is 0.143.